The molecule has 3 rings (SSSR count). The fourth-order valence-electron chi connectivity index (χ4n) is 3.56. The van der Waals surface area contributed by atoms with E-state index in [0.29, 0.717) is 16.3 Å². The number of amides is 2. The Morgan fingerprint density at radius 2 is 1.71 bits per heavy atom. The van der Waals surface area contributed by atoms with Crippen LogP contribution in [0.1, 0.15) is 40.0 Å². The molecule has 0 aliphatic rings. The standard InChI is InChI=1S/C25H24ClFN2O2/c1-4-17-11-9-10-16(2)22(17)28-24(30)23(18-12-5-7-14-20(18)26)29(3)25(31)19-13-6-8-15-21(19)27/h5-15,23H,4H2,1-3H3,(H,28,30)/t23-/m0/s1. The maximum atomic E-state index is 14.3. The molecule has 3 aromatic carbocycles. The number of nitrogens with one attached hydrogen (secondary N) is 1. The summed E-state index contributed by atoms with van der Waals surface area (Å²) >= 11 is 6.39. The first-order valence-electron chi connectivity index (χ1n) is 10.0. The van der Waals surface area contributed by atoms with E-state index in [0.717, 1.165) is 17.5 Å². The van der Waals surface area contributed by atoms with E-state index in [1.807, 2.05) is 32.0 Å². The van der Waals surface area contributed by atoms with Crippen molar-refractivity contribution in [1.29, 1.82) is 0 Å². The minimum absolute atomic E-state index is 0.111. The van der Waals surface area contributed by atoms with Crippen LogP contribution in [0.15, 0.2) is 66.7 Å². The van der Waals surface area contributed by atoms with Crippen LogP contribution in [0.4, 0.5) is 10.1 Å². The lowest BCUT2D eigenvalue weighted by molar-refractivity contribution is -0.120. The summed E-state index contributed by atoms with van der Waals surface area (Å²) < 4.78 is 14.3. The number of carbonyl (C=O) groups excluding carboxylic acids is 2. The predicted octanol–water partition coefficient (Wildman–Crippen LogP) is 5.80. The predicted molar refractivity (Wildman–Crippen MR) is 122 cm³/mol. The summed E-state index contributed by atoms with van der Waals surface area (Å²) in [7, 11) is 1.47. The van der Waals surface area contributed by atoms with Crippen LogP contribution >= 0.6 is 11.6 Å². The largest absolute Gasteiger partial charge is 0.325 e. The Balaban J connectivity index is 2.04. The number of hydrogen-bond donors (Lipinski definition) is 1. The van der Waals surface area contributed by atoms with Crippen LogP contribution in [0.5, 0.6) is 0 Å². The molecule has 0 unspecified atom stereocenters. The summed E-state index contributed by atoms with van der Waals surface area (Å²) in [4.78, 5) is 27.8. The van der Waals surface area contributed by atoms with Crippen LogP contribution in [0.25, 0.3) is 0 Å². The SMILES string of the molecule is CCc1cccc(C)c1NC(=O)[C@H](c1ccccc1Cl)N(C)C(=O)c1ccccc1F. The van der Waals surface area contributed by atoms with Gasteiger partial charge in [0.05, 0.1) is 5.56 Å². The molecule has 31 heavy (non-hydrogen) atoms. The van der Waals surface area contributed by atoms with Gasteiger partial charge in [0, 0.05) is 23.3 Å². The van der Waals surface area contributed by atoms with Gasteiger partial charge in [0.2, 0.25) is 0 Å². The Labute approximate surface area is 186 Å². The molecule has 4 nitrogen and oxygen atoms in total. The number of likely N-dealkylation sites (N-methyl/N-ethyl adjacent to an activating group) is 1. The molecule has 1 N–H and O–H groups in total. The summed E-state index contributed by atoms with van der Waals surface area (Å²) in [5.74, 6) is -1.69. The third kappa shape index (κ3) is 4.78. The van der Waals surface area contributed by atoms with Gasteiger partial charge in [0.25, 0.3) is 11.8 Å². The Hall–Kier alpha value is -3.18. The highest BCUT2D eigenvalue weighted by Gasteiger charge is 2.32. The topological polar surface area (TPSA) is 49.4 Å². The van der Waals surface area contributed by atoms with Gasteiger partial charge in [-0.1, -0.05) is 67.1 Å². The van der Waals surface area contributed by atoms with Crippen molar-refractivity contribution < 1.29 is 14.0 Å². The zero-order valence-electron chi connectivity index (χ0n) is 17.7. The molecule has 0 aliphatic carbocycles. The number of aryl methyl sites for hydroxylation is 2. The van der Waals surface area contributed by atoms with Crippen LogP contribution in [-0.2, 0) is 11.2 Å². The normalized spacial score (nSPS) is 11.6. The van der Waals surface area contributed by atoms with E-state index in [2.05, 4.69) is 5.32 Å². The Bertz CT molecular complexity index is 1120. The van der Waals surface area contributed by atoms with E-state index >= 15 is 0 Å². The Kier molecular flexibility index (Phi) is 7.08. The molecule has 0 spiro atoms. The minimum atomic E-state index is -1.05. The number of rotatable bonds is 6. The molecule has 0 aliphatic heterocycles. The molecule has 0 radical (unpaired) electrons. The summed E-state index contributed by atoms with van der Waals surface area (Å²) in [6.07, 6.45) is 0.734. The van der Waals surface area contributed by atoms with Crippen LogP contribution in [0.2, 0.25) is 5.02 Å². The van der Waals surface area contributed by atoms with Gasteiger partial charge < -0.3 is 10.2 Å². The molecule has 0 saturated heterocycles. The van der Waals surface area contributed by atoms with Crippen molar-refractivity contribution in [1.82, 2.24) is 4.90 Å². The summed E-state index contributed by atoms with van der Waals surface area (Å²) in [6.45, 7) is 3.91. The van der Waals surface area contributed by atoms with E-state index in [1.165, 1.54) is 30.1 Å². The Morgan fingerprint density at radius 1 is 1.03 bits per heavy atom. The van der Waals surface area contributed by atoms with Gasteiger partial charge in [-0.3, -0.25) is 9.59 Å². The second-order valence-electron chi connectivity index (χ2n) is 7.27. The second kappa shape index (κ2) is 9.75. The van der Waals surface area contributed by atoms with Gasteiger partial charge in [-0.05, 0) is 42.7 Å². The average Bonchev–Trinajstić information content (AvgIpc) is 2.76. The molecule has 0 fully saturated rings. The third-order valence-corrected chi connectivity index (χ3v) is 5.59. The molecule has 0 heterocycles. The van der Waals surface area contributed by atoms with Crippen molar-refractivity contribution in [2.24, 2.45) is 0 Å². The van der Waals surface area contributed by atoms with Crippen LogP contribution in [-0.4, -0.2) is 23.8 Å². The molecule has 1 atom stereocenters. The average molecular weight is 439 g/mol. The zero-order chi connectivity index (χ0) is 22.5. The first kappa shape index (κ1) is 22.5. The first-order chi connectivity index (χ1) is 14.8. The lowest BCUT2D eigenvalue weighted by Gasteiger charge is -2.29. The number of para-hydroxylation sites is 1. The van der Waals surface area contributed by atoms with E-state index < -0.39 is 23.7 Å². The van der Waals surface area contributed by atoms with Crippen LogP contribution in [0.3, 0.4) is 0 Å². The zero-order valence-corrected chi connectivity index (χ0v) is 18.4. The van der Waals surface area contributed by atoms with E-state index in [1.54, 1.807) is 30.3 Å². The summed E-state index contributed by atoms with van der Waals surface area (Å²) in [5, 5.41) is 3.32. The number of benzene rings is 3. The molecule has 6 heteroatoms. The van der Waals surface area contributed by atoms with Gasteiger partial charge in [0.15, 0.2) is 0 Å². The lowest BCUT2D eigenvalue weighted by Crippen LogP contribution is -2.39. The van der Waals surface area contributed by atoms with E-state index in [-0.39, 0.29) is 5.56 Å². The monoisotopic (exact) mass is 438 g/mol. The minimum Gasteiger partial charge on any atom is -0.325 e. The highest BCUT2D eigenvalue weighted by atomic mass is 35.5. The molecule has 3 aromatic rings. The quantitative estimate of drug-likeness (QED) is 0.528. The van der Waals surface area contributed by atoms with Crippen molar-refractivity contribution >= 4 is 29.1 Å². The van der Waals surface area contributed by atoms with Crippen molar-refractivity contribution in [3.63, 3.8) is 0 Å². The third-order valence-electron chi connectivity index (χ3n) is 5.25. The Morgan fingerprint density at radius 3 is 2.39 bits per heavy atom. The maximum Gasteiger partial charge on any atom is 0.257 e. The molecular weight excluding hydrogens is 415 g/mol. The molecule has 0 aromatic heterocycles. The lowest BCUT2D eigenvalue weighted by atomic mass is 10.0. The van der Waals surface area contributed by atoms with Crippen LogP contribution in [0, 0.1) is 12.7 Å². The first-order valence-corrected chi connectivity index (χ1v) is 10.4. The molecular formula is C25H24ClFN2O2. The second-order valence-corrected chi connectivity index (χ2v) is 7.68. The smallest absolute Gasteiger partial charge is 0.257 e. The van der Waals surface area contributed by atoms with Gasteiger partial charge in [0.1, 0.15) is 11.9 Å². The molecule has 160 valence electrons. The number of nitrogens with zero attached hydrogens (tertiary/aromatic N) is 1. The highest BCUT2D eigenvalue weighted by Crippen LogP contribution is 2.31. The van der Waals surface area contributed by atoms with Crippen LogP contribution < -0.4 is 5.32 Å². The number of halogens is 2. The van der Waals surface area contributed by atoms with Gasteiger partial charge >= 0.3 is 0 Å². The van der Waals surface area contributed by atoms with E-state index in [9.17, 15) is 14.0 Å². The van der Waals surface area contributed by atoms with Crippen molar-refractivity contribution in [2.45, 2.75) is 26.3 Å². The molecule has 0 saturated carbocycles. The fourth-order valence-corrected chi connectivity index (χ4v) is 3.80. The highest BCUT2D eigenvalue weighted by molar-refractivity contribution is 6.31. The molecule has 2 amide bonds. The fraction of sp³-hybridized carbons (Fsp3) is 0.200. The molecule has 0 bridgehead atoms. The van der Waals surface area contributed by atoms with E-state index in [4.69, 9.17) is 11.6 Å². The summed E-state index contributed by atoms with van der Waals surface area (Å²) in [5.41, 5.74) is 2.95. The summed E-state index contributed by atoms with van der Waals surface area (Å²) in [6, 6.07) is 17.3. The van der Waals surface area contributed by atoms with Gasteiger partial charge in [-0.15, -0.1) is 0 Å². The van der Waals surface area contributed by atoms with Gasteiger partial charge in [-0.25, -0.2) is 4.39 Å². The van der Waals surface area contributed by atoms with Crippen molar-refractivity contribution in [2.75, 3.05) is 12.4 Å². The van der Waals surface area contributed by atoms with Crippen molar-refractivity contribution in [3.8, 4) is 0 Å². The number of anilines is 1. The van der Waals surface area contributed by atoms with Crippen molar-refractivity contribution in [3.05, 3.63) is 99.8 Å². The van der Waals surface area contributed by atoms with Gasteiger partial charge in [-0.2, -0.15) is 0 Å². The number of carbonyl (C=O) groups is 2. The number of hydrogen-bond acceptors (Lipinski definition) is 2. The maximum absolute atomic E-state index is 14.3.